The monoisotopic (exact) mass is 292 g/mol. The smallest absolute Gasteiger partial charge is 0.134 e. The maximum atomic E-state index is 9.23. The molecule has 0 saturated heterocycles. The van der Waals surface area contributed by atoms with Crippen LogP contribution in [0, 0.1) is 0 Å². The van der Waals surface area contributed by atoms with Crippen LogP contribution in [-0.2, 0) is 13.7 Å². The summed E-state index contributed by atoms with van der Waals surface area (Å²) >= 11 is 0. The molecule has 0 atom stereocenters. The van der Waals surface area contributed by atoms with Gasteiger partial charge >= 0.3 is 0 Å². The van der Waals surface area contributed by atoms with Crippen molar-refractivity contribution in [2.45, 2.75) is 6.61 Å². The number of nitrogens with one attached hydrogen (secondary N) is 1. The average Bonchev–Trinajstić information content (AvgIpc) is 2.92. The highest BCUT2D eigenvalue weighted by atomic mass is 16.3. The van der Waals surface area contributed by atoms with Crippen LogP contribution >= 0.6 is 0 Å². The fraction of sp³-hybridized carbons (Fsp3) is 0.176. The third-order valence-corrected chi connectivity index (χ3v) is 3.91. The number of hydrogen-bond donors (Lipinski definition) is 2. The van der Waals surface area contributed by atoms with Gasteiger partial charge in [0.05, 0.1) is 17.8 Å². The van der Waals surface area contributed by atoms with Gasteiger partial charge in [-0.15, -0.1) is 0 Å². The summed E-state index contributed by atoms with van der Waals surface area (Å²) in [6, 6.07) is 10.2. The van der Waals surface area contributed by atoms with Gasteiger partial charge in [0.1, 0.15) is 5.82 Å². The summed E-state index contributed by atoms with van der Waals surface area (Å²) in [5, 5.41) is 18.0. The van der Waals surface area contributed by atoms with E-state index in [-0.39, 0.29) is 6.61 Å². The van der Waals surface area contributed by atoms with Gasteiger partial charge in [0.2, 0.25) is 0 Å². The average molecular weight is 292 g/mol. The van der Waals surface area contributed by atoms with E-state index in [9.17, 15) is 5.11 Å². The third kappa shape index (κ3) is 2.07. The first-order chi connectivity index (χ1) is 10.7. The second kappa shape index (κ2) is 4.96. The normalized spacial score (nSPS) is 13.6. The Labute approximate surface area is 127 Å². The molecule has 0 aliphatic carbocycles. The molecule has 0 unspecified atom stereocenters. The van der Waals surface area contributed by atoms with Gasteiger partial charge in [-0.25, -0.2) is 4.98 Å². The van der Waals surface area contributed by atoms with Crippen LogP contribution in [0.4, 0.5) is 5.82 Å². The Morgan fingerprint density at radius 3 is 3.05 bits per heavy atom. The first-order valence-electron chi connectivity index (χ1n) is 7.23. The van der Waals surface area contributed by atoms with Gasteiger partial charge < -0.3 is 10.4 Å². The van der Waals surface area contributed by atoms with Crippen molar-refractivity contribution in [3.8, 4) is 0 Å². The topological polar surface area (TPSA) is 63.0 Å². The first-order valence-corrected chi connectivity index (χ1v) is 7.23. The van der Waals surface area contributed by atoms with Gasteiger partial charge in [-0.2, -0.15) is 5.10 Å². The maximum absolute atomic E-state index is 9.23. The minimum atomic E-state index is -0.0460. The molecule has 0 spiro atoms. The molecule has 22 heavy (non-hydrogen) atoms. The predicted octanol–water partition coefficient (Wildman–Crippen LogP) is 2.32. The lowest BCUT2D eigenvalue weighted by Crippen LogP contribution is -2.11. The van der Waals surface area contributed by atoms with Crippen molar-refractivity contribution < 1.29 is 5.11 Å². The fourth-order valence-electron chi connectivity index (χ4n) is 2.89. The molecule has 2 N–H and O–H groups in total. The lowest BCUT2D eigenvalue weighted by atomic mass is 9.95. The Morgan fingerprint density at radius 1 is 1.27 bits per heavy atom. The molecule has 110 valence electrons. The summed E-state index contributed by atoms with van der Waals surface area (Å²) < 4.78 is 1.83. The number of pyridine rings is 1. The number of rotatable bonds is 2. The van der Waals surface area contributed by atoms with Crippen molar-refractivity contribution in [2.24, 2.45) is 7.05 Å². The molecule has 0 amide bonds. The van der Waals surface area contributed by atoms with Gasteiger partial charge in [0.25, 0.3) is 0 Å². The number of nitrogens with zero attached hydrogens (tertiary/aromatic N) is 3. The lowest BCUT2D eigenvalue weighted by molar-refractivity contribution is 0.277. The molecule has 0 radical (unpaired) electrons. The molecule has 0 saturated carbocycles. The third-order valence-electron chi connectivity index (χ3n) is 3.91. The zero-order valence-electron chi connectivity index (χ0n) is 12.2. The van der Waals surface area contributed by atoms with Gasteiger partial charge in [-0.1, -0.05) is 12.1 Å². The molecular formula is C17H16N4O. The quantitative estimate of drug-likeness (QED) is 0.761. The van der Waals surface area contributed by atoms with Crippen LogP contribution < -0.4 is 5.32 Å². The van der Waals surface area contributed by atoms with Crippen molar-refractivity contribution >= 4 is 22.3 Å². The van der Waals surface area contributed by atoms with Crippen LogP contribution in [0.2, 0.25) is 0 Å². The summed E-state index contributed by atoms with van der Waals surface area (Å²) in [4.78, 5) is 4.46. The van der Waals surface area contributed by atoms with Gasteiger partial charge in [-0.3, -0.25) is 4.68 Å². The molecule has 1 aromatic carbocycles. The van der Waals surface area contributed by atoms with E-state index < -0.39 is 0 Å². The van der Waals surface area contributed by atoms with Crippen LogP contribution in [0.3, 0.4) is 0 Å². The molecule has 5 nitrogen and oxygen atoms in total. The highest BCUT2D eigenvalue weighted by molar-refractivity contribution is 5.91. The van der Waals surface area contributed by atoms with E-state index in [4.69, 9.17) is 0 Å². The molecule has 0 fully saturated rings. The molecule has 3 heterocycles. The number of aliphatic hydroxyl groups excluding tert-OH is 1. The number of hydrogen-bond acceptors (Lipinski definition) is 4. The maximum Gasteiger partial charge on any atom is 0.134 e. The van der Waals surface area contributed by atoms with Crippen molar-refractivity contribution in [3.63, 3.8) is 0 Å². The molecule has 5 heteroatoms. The molecule has 4 rings (SSSR count). The van der Waals surface area contributed by atoms with E-state index in [0.29, 0.717) is 5.69 Å². The standard InChI is InChI=1S/C17H16N4O/c1-21-9-12-8-11(2-5-16(12)20-21)14-6-7-18-17-15(14)4-3-13(10-22)19-17/h2-6,8-9,22H,7,10H2,1H3,(H,18,19). The molecule has 1 aliphatic rings. The Hall–Kier alpha value is -2.66. The van der Waals surface area contributed by atoms with Crippen molar-refractivity contribution in [2.75, 3.05) is 11.9 Å². The minimum Gasteiger partial charge on any atom is -0.390 e. The van der Waals surface area contributed by atoms with E-state index in [0.717, 1.165) is 40.0 Å². The second-order valence-corrected chi connectivity index (χ2v) is 5.43. The first kappa shape index (κ1) is 13.0. The lowest BCUT2D eigenvalue weighted by Gasteiger charge is -2.19. The van der Waals surface area contributed by atoms with E-state index in [1.165, 1.54) is 0 Å². The Bertz CT molecular complexity index is 895. The summed E-state index contributed by atoms with van der Waals surface area (Å²) in [6.45, 7) is 0.685. The SMILES string of the molecule is Cn1cc2cc(C3=CCNc4nc(CO)ccc43)ccc2n1. The van der Waals surface area contributed by atoms with E-state index in [1.807, 2.05) is 36.1 Å². The molecule has 3 aromatic rings. The van der Waals surface area contributed by atoms with Crippen LogP contribution in [0.1, 0.15) is 16.8 Å². The largest absolute Gasteiger partial charge is 0.390 e. The Morgan fingerprint density at radius 2 is 2.18 bits per heavy atom. The number of aryl methyl sites for hydroxylation is 1. The number of aliphatic hydroxyl groups is 1. The summed E-state index contributed by atoms with van der Waals surface area (Å²) in [5.41, 5.74) is 5.05. The minimum absolute atomic E-state index is 0.0460. The van der Waals surface area contributed by atoms with E-state index in [1.54, 1.807) is 0 Å². The van der Waals surface area contributed by atoms with Crippen molar-refractivity contribution in [1.82, 2.24) is 14.8 Å². The molecule has 2 aromatic heterocycles. The van der Waals surface area contributed by atoms with Crippen LogP contribution in [0.5, 0.6) is 0 Å². The van der Waals surface area contributed by atoms with Gasteiger partial charge in [-0.05, 0) is 35.4 Å². The Kier molecular flexibility index (Phi) is 2.94. The number of fused-ring (bicyclic) bond motifs is 2. The van der Waals surface area contributed by atoms with Crippen LogP contribution in [-0.4, -0.2) is 26.4 Å². The second-order valence-electron chi connectivity index (χ2n) is 5.43. The van der Waals surface area contributed by atoms with Gasteiger partial charge in [0, 0.05) is 30.7 Å². The van der Waals surface area contributed by atoms with E-state index in [2.05, 4.69) is 33.6 Å². The zero-order chi connectivity index (χ0) is 15.1. The van der Waals surface area contributed by atoms with E-state index >= 15 is 0 Å². The number of anilines is 1. The molecule has 1 aliphatic heterocycles. The molecular weight excluding hydrogens is 276 g/mol. The summed E-state index contributed by atoms with van der Waals surface area (Å²) in [7, 11) is 1.93. The highest BCUT2D eigenvalue weighted by Gasteiger charge is 2.16. The summed E-state index contributed by atoms with van der Waals surface area (Å²) in [5.74, 6) is 0.829. The van der Waals surface area contributed by atoms with Crippen molar-refractivity contribution in [3.05, 3.63) is 59.4 Å². The number of benzene rings is 1. The van der Waals surface area contributed by atoms with Crippen molar-refractivity contribution in [1.29, 1.82) is 0 Å². The number of aromatic nitrogens is 3. The highest BCUT2D eigenvalue weighted by Crippen LogP contribution is 2.32. The fourth-order valence-corrected chi connectivity index (χ4v) is 2.89. The van der Waals surface area contributed by atoms with Gasteiger partial charge in [0.15, 0.2) is 0 Å². The Balaban J connectivity index is 1.83. The summed E-state index contributed by atoms with van der Waals surface area (Å²) in [6.07, 6.45) is 4.19. The zero-order valence-corrected chi connectivity index (χ0v) is 12.2. The van der Waals surface area contributed by atoms with Crippen LogP contribution in [0.25, 0.3) is 16.5 Å². The molecule has 0 bridgehead atoms. The predicted molar refractivity (Wildman–Crippen MR) is 86.4 cm³/mol. The van der Waals surface area contributed by atoms with Crippen LogP contribution in [0.15, 0.2) is 42.6 Å².